The molecule has 0 radical (unpaired) electrons. The first kappa shape index (κ1) is 11.2. The van der Waals surface area contributed by atoms with Crippen molar-refractivity contribution in [1.82, 2.24) is 0 Å². The van der Waals surface area contributed by atoms with Gasteiger partial charge >= 0.3 is 0 Å². The van der Waals surface area contributed by atoms with Gasteiger partial charge in [-0.25, -0.2) is 0 Å². The molecular weight excluding hydrogens is 198 g/mol. The number of benzene rings is 1. The second-order valence-corrected chi connectivity index (χ2v) is 4.14. The SMILES string of the molecule is CCCOc1ccc2c(c1)CCC=C2CN. The molecule has 0 spiro atoms. The van der Waals surface area contributed by atoms with Crippen molar-refractivity contribution >= 4 is 5.57 Å². The first-order valence-corrected chi connectivity index (χ1v) is 6.00. The smallest absolute Gasteiger partial charge is 0.119 e. The van der Waals surface area contributed by atoms with Crippen molar-refractivity contribution in [1.29, 1.82) is 0 Å². The molecule has 2 N–H and O–H groups in total. The lowest BCUT2D eigenvalue weighted by Crippen LogP contribution is -2.08. The third kappa shape index (κ3) is 2.27. The van der Waals surface area contributed by atoms with Crippen LogP contribution in [0.5, 0.6) is 5.75 Å². The lowest BCUT2D eigenvalue weighted by atomic mass is 9.91. The number of ether oxygens (including phenoxy) is 1. The van der Waals surface area contributed by atoms with E-state index < -0.39 is 0 Å². The molecule has 1 aromatic rings. The zero-order valence-electron chi connectivity index (χ0n) is 9.83. The fraction of sp³-hybridized carbons (Fsp3) is 0.429. The van der Waals surface area contributed by atoms with Crippen LogP contribution in [0.15, 0.2) is 24.3 Å². The Morgan fingerprint density at radius 2 is 2.25 bits per heavy atom. The van der Waals surface area contributed by atoms with Crippen molar-refractivity contribution in [2.75, 3.05) is 13.2 Å². The van der Waals surface area contributed by atoms with Crippen molar-refractivity contribution in [2.24, 2.45) is 5.73 Å². The van der Waals surface area contributed by atoms with Crippen molar-refractivity contribution in [3.8, 4) is 5.75 Å². The summed E-state index contributed by atoms with van der Waals surface area (Å²) in [5.74, 6) is 0.985. The van der Waals surface area contributed by atoms with E-state index in [9.17, 15) is 0 Å². The third-order valence-corrected chi connectivity index (χ3v) is 2.92. The zero-order valence-corrected chi connectivity index (χ0v) is 9.83. The molecule has 0 aliphatic heterocycles. The predicted octanol–water partition coefficient (Wildman–Crippen LogP) is 2.76. The highest BCUT2D eigenvalue weighted by molar-refractivity contribution is 5.71. The standard InChI is InChI=1S/C14H19NO/c1-2-8-16-13-6-7-14-11(9-13)4-3-5-12(14)10-15/h5-7,9H,2-4,8,10,15H2,1H3. The van der Waals surface area contributed by atoms with Crippen molar-refractivity contribution in [2.45, 2.75) is 26.2 Å². The van der Waals surface area contributed by atoms with Gasteiger partial charge in [0.15, 0.2) is 0 Å². The molecule has 0 bridgehead atoms. The molecule has 0 heterocycles. The summed E-state index contributed by atoms with van der Waals surface area (Å²) in [6.07, 6.45) is 5.48. The summed E-state index contributed by atoms with van der Waals surface area (Å²) in [5, 5.41) is 0. The number of rotatable bonds is 4. The molecule has 2 heteroatoms. The molecule has 0 amide bonds. The van der Waals surface area contributed by atoms with Gasteiger partial charge in [0.2, 0.25) is 0 Å². The fourth-order valence-corrected chi connectivity index (χ4v) is 2.11. The molecule has 1 aliphatic carbocycles. The number of fused-ring (bicyclic) bond motifs is 1. The Bertz CT molecular complexity index is 396. The van der Waals surface area contributed by atoms with Gasteiger partial charge in [0, 0.05) is 6.54 Å². The van der Waals surface area contributed by atoms with Gasteiger partial charge in [0.1, 0.15) is 5.75 Å². The lowest BCUT2D eigenvalue weighted by Gasteiger charge is -2.17. The van der Waals surface area contributed by atoms with Crippen LogP contribution in [0.2, 0.25) is 0 Å². The van der Waals surface area contributed by atoms with E-state index in [1.54, 1.807) is 0 Å². The van der Waals surface area contributed by atoms with Gasteiger partial charge in [-0.2, -0.15) is 0 Å². The summed E-state index contributed by atoms with van der Waals surface area (Å²) in [6.45, 7) is 3.54. The highest BCUT2D eigenvalue weighted by atomic mass is 16.5. The maximum Gasteiger partial charge on any atom is 0.119 e. The summed E-state index contributed by atoms with van der Waals surface area (Å²) in [4.78, 5) is 0. The summed E-state index contributed by atoms with van der Waals surface area (Å²) in [5.41, 5.74) is 9.68. The van der Waals surface area contributed by atoms with E-state index in [1.807, 2.05) is 6.07 Å². The maximum atomic E-state index is 5.74. The Hall–Kier alpha value is -1.28. The summed E-state index contributed by atoms with van der Waals surface area (Å²) < 4.78 is 5.64. The zero-order chi connectivity index (χ0) is 11.4. The lowest BCUT2D eigenvalue weighted by molar-refractivity contribution is 0.317. The van der Waals surface area contributed by atoms with Crippen LogP contribution in [-0.4, -0.2) is 13.2 Å². The minimum Gasteiger partial charge on any atom is -0.494 e. The molecule has 16 heavy (non-hydrogen) atoms. The molecule has 0 unspecified atom stereocenters. The van der Waals surface area contributed by atoms with Crippen LogP contribution >= 0.6 is 0 Å². The van der Waals surface area contributed by atoms with Gasteiger partial charge in [0.25, 0.3) is 0 Å². The van der Waals surface area contributed by atoms with E-state index in [4.69, 9.17) is 10.5 Å². The van der Waals surface area contributed by atoms with Crippen molar-refractivity contribution in [3.05, 3.63) is 35.4 Å². The van der Waals surface area contributed by atoms with Crippen LogP contribution in [0.1, 0.15) is 30.9 Å². The fourth-order valence-electron chi connectivity index (χ4n) is 2.11. The molecule has 0 fully saturated rings. The van der Waals surface area contributed by atoms with Crippen molar-refractivity contribution in [3.63, 3.8) is 0 Å². The third-order valence-electron chi connectivity index (χ3n) is 2.92. The number of nitrogens with two attached hydrogens (primary N) is 1. The van der Waals surface area contributed by atoms with E-state index in [0.29, 0.717) is 6.54 Å². The van der Waals surface area contributed by atoms with Crippen molar-refractivity contribution < 1.29 is 4.74 Å². The summed E-state index contributed by atoms with van der Waals surface area (Å²) in [7, 11) is 0. The number of hydrogen-bond acceptors (Lipinski definition) is 2. The second-order valence-electron chi connectivity index (χ2n) is 4.14. The largest absolute Gasteiger partial charge is 0.494 e. The van der Waals surface area contributed by atoms with E-state index in [1.165, 1.54) is 16.7 Å². The van der Waals surface area contributed by atoms with Crippen LogP contribution in [0, 0.1) is 0 Å². The molecule has 2 nitrogen and oxygen atoms in total. The van der Waals surface area contributed by atoms with Gasteiger partial charge in [0.05, 0.1) is 6.61 Å². The molecule has 0 saturated carbocycles. The van der Waals surface area contributed by atoms with Crippen LogP contribution in [-0.2, 0) is 6.42 Å². The van der Waals surface area contributed by atoms with E-state index in [-0.39, 0.29) is 0 Å². The number of hydrogen-bond donors (Lipinski definition) is 1. The van der Waals surface area contributed by atoms with E-state index in [2.05, 4.69) is 25.1 Å². The van der Waals surface area contributed by atoms with Crippen LogP contribution in [0.25, 0.3) is 5.57 Å². The second kappa shape index (κ2) is 5.17. The molecule has 0 saturated heterocycles. The minimum absolute atomic E-state index is 0.627. The summed E-state index contributed by atoms with van der Waals surface area (Å²) in [6, 6.07) is 6.34. The first-order chi connectivity index (χ1) is 7.85. The Labute approximate surface area is 97.1 Å². The van der Waals surface area contributed by atoms with Crippen LogP contribution in [0.4, 0.5) is 0 Å². The monoisotopic (exact) mass is 217 g/mol. The average molecular weight is 217 g/mol. The molecule has 0 aromatic heterocycles. The molecular formula is C14H19NO. The number of aryl methyl sites for hydroxylation is 1. The Morgan fingerprint density at radius 3 is 3.00 bits per heavy atom. The van der Waals surface area contributed by atoms with Gasteiger partial charge < -0.3 is 10.5 Å². The molecule has 86 valence electrons. The first-order valence-electron chi connectivity index (χ1n) is 6.00. The van der Waals surface area contributed by atoms with Gasteiger partial charge in [-0.1, -0.05) is 19.1 Å². The minimum atomic E-state index is 0.627. The van der Waals surface area contributed by atoms with E-state index in [0.717, 1.165) is 31.6 Å². The highest BCUT2D eigenvalue weighted by Gasteiger charge is 2.11. The van der Waals surface area contributed by atoms with Crippen LogP contribution in [0.3, 0.4) is 0 Å². The van der Waals surface area contributed by atoms with Gasteiger partial charge in [-0.05, 0) is 48.1 Å². The number of allylic oxidation sites excluding steroid dienone is 1. The van der Waals surface area contributed by atoms with Gasteiger partial charge in [-0.15, -0.1) is 0 Å². The summed E-state index contributed by atoms with van der Waals surface area (Å²) >= 11 is 0. The van der Waals surface area contributed by atoms with Crippen LogP contribution < -0.4 is 10.5 Å². The molecule has 0 atom stereocenters. The topological polar surface area (TPSA) is 35.2 Å². The molecule has 1 aromatic carbocycles. The predicted molar refractivity (Wildman–Crippen MR) is 67.6 cm³/mol. The Balaban J connectivity index is 2.23. The quantitative estimate of drug-likeness (QED) is 0.841. The molecule has 2 rings (SSSR count). The Kier molecular flexibility index (Phi) is 3.62. The molecule has 1 aliphatic rings. The normalized spacial score (nSPS) is 14.2. The average Bonchev–Trinajstić information content (AvgIpc) is 2.35. The Morgan fingerprint density at radius 1 is 1.38 bits per heavy atom. The van der Waals surface area contributed by atoms with E-state index >= 15 is 0 Å². The van der Waals surface area contributed by atoms with Gasteiger partial charge in [-0.3, -0.25) is 0 Å². The highest BCUT2D eigenvalue weighted by Crippen LogP contribution is 2.28. The maximum absolute atomic E-state index is 5.74.